The van der Waals surface area contributed by atoms with Gasteiger partial charge in [0.05, 0.1) is 0 Å². The number of fused-ring (bicyclic) bond motifs is 1. The molecule has 1 fully saturated rings. The van der Waals surface area contributed by atoms with Gasteiger partial charge >= 0.3 is 0 Å². The highest BCUT2D eigenvalue weighted by atomic mass is 16.2. The molecule has 8 heteroatoms. The maximum absolute atomic E-state index is 14.3. The number of nitrogens with two attached hydrogens (primary N) is 1. The average Bonchev–Trinajstić information content (AvgIpc) is 3.52. The van der Waals surface area contributed by atoms with Crippen molar-refractivity contribution in [3.63, 3.8) is 0 Å². The first-order valence-electron chi connectivity index (χ1n) is 14.6. The van der Waals surface area contributed by atoms with Crippen LogP contribution in [0.1, 0.15) is 37.8 Å². The van der Waals surface area contributed by atoms with E-state index >= 15 is 0 Å². The van der Waals surface area contributed by atoms with Gasteiger partial charge in [-0.05, 0) is 54.7 Å². The van der Waals surface area contributed by atoms with E-state index in [1.807, 2.05) is 80.6 Å². The molecule has 3 N–H and O–H groups in total. The summed E-state index contributed by atoms with van der Waals surface area (Å²) in [7, 11) is 3.32. The molecule has 0 aliphatic carbocycles. The lowest BCUT2D eigenvalue weighted by Crippen LogP contribution is -2.57. The minimum atomic E-state index is -0.822. The number of amides is 3. The zero-order valence-corrected chi connectivity index (χ0v) is 25.1. The Bertz CT molecular complexity index is 1410. The molecular formula is C34H43N5O3. The highest BCUT2D eigenvalue weighted by molar-refractivity contribution is 5.95. The van der Waals surface area contributed by atoms with E-state index in [0.717, 1.165) is 34.9 Å². The fourth-order valence-corrected chi connectivity index (χ4v) is 5.23. The van der Waals surface area contributed by atoms with Crippen LogP contribution < -0.4 is 11.2 Å². The van der Waals surface area contributed by atoms with E-state index in [-0.39, 0.29) is 17.7 Å². The molecule has 0 unspecified atom stereocenters. The summed E-state index contributed by atoms with van der Waals surface area (Å²) in [6.07, 6.45) is 5.28. The zero-order valence-electron chi connectivity index (χ0n) is 25.1. The minimum absolute atomic E-state index is 0.157. The molecular weight excluding hydrogens is 526 g/mol. The van der Waals surface area contributed by atoms with Gasteiger partial charge < -0.3 is 15.5 Å². The molecule has 4 rings (SSSR count). The number of rotatable bonds is 11. The van der Waals surface area contributed by atoms with E-state index in [1.165, 1.54) is 15.9 Å². The van der Waals surface area contributed by atoms with Crippen molar-refractivity contribution in [3.05, 3.63) is 96.1 Å². The van der Waals surface area contributed by atoms with Crippen LogP contribution in [0.5, 0.6) is 0 Å². The Morgan fingerprint density at radius 3 is 2.24 bits per heavy atom. The van der Waals surface area contributed by atoms with Gasteiger partial charge in [0.1, 0.15) is 12.1 Å². The van der Waals surface area contributed by atoms with E-state index in [1.54, 1.807) is 25.2 Å². The number of hydrogen-bond acceptors (Lipinski definition) is 5. The van der Waals surface area contributed by atoms with Gasteiger partial charge in [-0.1, -0.05) is 78.9 Å². The normalized spacial score (nSPS) is 15.1. The number of benzene rings is 3. The average molecular weight is 570 g/mol. The Morgan fingerprint density at radius 2 is 1.57 bits per heavy atom. The molecule has 1 aliphatic heterocycles. The zero-order chi connectivity index (χ0) is 30.3. The van der Waals surface area contributed by atoms with Gasteiger partial charge in [0.15, 0.2) is 0 Å². The second-order valence-electron chi connectivity index (χ2n) is 11.9. The van der Waals surface area contributed by atoms with Crippen LogP contribution in [-0.4, -0.2) is 77.3 Å². The van der Waals surface area contributed by atoms with Crippen LogP contribution in [0.25, 0.3) is 10.8 Å². The van der Waals surface area contributed by atoms with Gasteiger partial charge in [-0.15, -0.1) is 0 Å². The van der Waals surface area contributed by atoms with E-state index in [2.05, 4.69) is 11.5 Å². The fourth-order valence-electron chi connectivity index (χ4n) is 5.23. The van der Waals surface area contributed by atoms with E-state index in [0.29, 0.717) is 25.8 Å². The number of hydrogen-bond donors (Lipinski definition) is 2. The number of nitrogens with one attached hydrogen (secondary N) is 1. The number of nitrogens with zero attached hydrogens (tertiary/aromatic N) is 3. The quantitative estimate of drug-likeness (QED) is 0.343. The summed E-state index contributed by atoms with van der Waals surface area (Å²) in [6.45, 7) is 5.10. The topological polar surface area (TPSA) is 99.0 Å². The van der Waals surface area contributed by atoms with Crippen LogP contribution >= 0.6 is 0 Å². The summed E-state index contributed by atoms with van der Waals surface area (Å²) in [4.78, 5) is 44.4. The van der Waals surface area contributed by atoms with Crippen molar-refractivity contribution in [2.45, 2.75) is 57.2 Å². The standard InChI is InChI=1S/C34H43N5O3/c1-34(2,35)19-10-16-31(40)37(3)29(24-26-17-18-27-14-8-9-15-28(27)22-26)32(41)38(4)30(23-25-12-6-5-7-13-25)33(42)39-21-11-20-36-39/h5-10,12-18,22,29-30,36H,11,19-21,23-24,35H2,1-4H3/b16-10+/t29-,30-/m1/s1. The third kappa shape index (κ3) is 8.05. The van der Waals surface area contributed by atoms with Crippen molar-refractivity contribution in [3.8, 4) is 0 Å². The summed E-state index contributed by atoms with van der Waals surface area (Å²) >= 11 is 0. The molecule has 1 aliphatic rings. The molecule has 0 saturated carbocycles. The van der Waals surface area contributed by atoms with E-state index < -0.39 is 17.6 Å². The first-order valence-corrected chi connectivity index (χ1v) is 14.6. The molecule has 0 bridgehead atoms. The Labute approximate surface area is 249 Å². The Kier molecular flexibility index (Phi) is 10.1. The van der Waals surface area contributed by atoms with Crippen LogP contribution in [0, 0.1) is 0 Å². The summed E-state index contributed by atoms with van der Waals surface area (Å²) in [5.41, 5.74) is 10.7. The van der Waals surface area contributed by atoms with Gasteiger partial charge in [0.25, 0.3) is 5.91 Å². The van der Waals surface area contributed by atoms with Crippen LogP contribution in [0.4, 0.5) is 0 Å². The molecule has 1 heterocycles. The van der Waals surface area contributed by atoms with Gasteiger partial charge in [-0.2, -0.15) is 0 Å². The van der Waals surface area contributed by atoms with Crippen LogP contribution in [0.2, 0.25) is 0 Å². The summed E-state index contributed by atoms with van der Waals surface area (Å²) < 4.78 is 0. The third-order valence-corrected chi connectivity index (χ3v) is 7.75. The summed E-state index contributed by atoms with van der Waals surface area (Å²) in [6, 6.07) is 22.3. The first kappa shape index (κ1) is 30.9. The van der Waals surface area contributed by atoms with Gasteiger partial charge in [0, 0.05) is 45.6 Å². The van der Waals surface area contributed by atoms with Gasteiger partial charge in [-0.25, -0.2) is 5.43 Å². The molecule has 2 atom stereocenters. The maximum Gasteiger partial charge on any atom is 0.259 e. The Hall–Kier alpha value is -4.01. The van der Waals surface area contributed by atoms with Crippen molar-refractivity contribution in [1.29, 1.82) is 0 Å². The van der Waals surface area contributed by atoms with Crippen molar-refractivity contribution >= 4 is 28.5 Å². The third-order valence-electron chi connectivity index (χ3n) is 7.75. The molecule has 3 amide bonds. The molecule has 42 heavy (non-hydrogen) atoms. The molecule has 3 aromatic carbocycles. The highest BCUT2D eigenvalue weighted by Crippen LogP contribution is 2.21. The monoisotopic (exact) mass is 569 g/mol. The second kappa shape index (κ2) is 13.8. The van der Waals surface area contributed by atoms with Crippen LogP contribution in [0.15, 0.2) is 84.9 Å². The Balaban J connectivity index is 1.65. The van der Waals surface area contributed by atoms with Crippen molar-refractivity contribution < 1.29 is 14.4 Å². The lowest BCUT2D eigenvalue weighted by molar-refractivity contribution is -0.149. The van der Waals surface area contributed by atoms with Gasteiger partial charge in [-0.3, -0.25) is 19.4 Å². The SMILES string of the molecule is CN(C(=O)/C=C/CC(C)(C)N)[C@H](Cc1ccc2ccccc2c1)C(=O)N(C)[C@H](Cc1ccccc1)C(=O)N1CCCN1. The smallest absolute Gasteiger partial charge is 0.259 e. The lowest BCUT2D eigenvalue weighted by atomic mass is 9.98. The summed E-state index contributed by atoms with van der Waals surface area (Å²) in [5, 5.41) is 3.78. The number of hydrazine groups is 1. The Morgan fingerprint density at radius 1 is 0.905 bits per heavy atom. The molecule has 1 saturated heterocycles. The van der Waals surface area contributed by atoms with Gasteiger partial charge in [0.2, 0.25) is 11.8 Å². The number of carbonyl (C=O) groups is 3. The highest BCUT2D eigenvalue weighted by Gasteiger charge is 2.37. The maximum atomic E-state index is 14.3. The predicted molar refractivity (Wildman–Crippen MR) is 167 cm³/mol. The second-order valence-corrected chi connectivity index (χ2v) is 11.9. The van der Waals surface area contributed by atoms with Crippen molar-refractivity contribution in [2.24, 2.45) is 5.73 Å². The van der Waals surface area contributed by atoms with Crippen molar-refractivity contribution in [1.82, 2.24) is 20.2 Å². The van der Waals surface area contributed by atoms with Crippen LogP contribution in [-0.2, 0) is 27.2 Å². The molecule has 3 aromatic rings. The first-order chi connectivity index (χ1) is 20.0. The largest absolute Gasteiger partial charge is 0.332 e. The molecule has 0 spiro atoms. The molecule has 8 nitrogen and oxygen atoms in total. The van der Waals surface area contributed by atoms with Crippen LogP contribution in [0.3, 0.4) is 0 Å². The fraction of sp³-hybridized carbons (Fsp3) is 0.382. The molecule has 0 aromatic heterocycles. The predicted octanol–water partition coefficient (Wildman–Crippen LogP) is 3.70. The lowest BCUT2D eigenvalue weighted by Gasteiger charge is -2.35. The van der Waals surface area contributed by atoms with Crippen molar-refractivity contribution in [2.75, 3.05) is 27.2 Å². The number of carbonyl (C=O) groups excluding carboxylic acids is 3. The number of likely N-dealkylation sites (N-methyl/N-ethyl adjacent to an activating group) is 2. The van der Waals surface area contributed by atoms with E-state index in [9.17, 15) is 14.4 Å². The summed E-state index contributed by atoms with van der Waals surface area (Å²) in [5.74, 6) is -0.741. The minimum Gasteiger partial charge on any atom is -0.332 e. The molecule has 222 valence electrons. The molecule has 0 radical (unpaired) electrons. The van der Waals surface area contributed by atoms with E-state index in [4.69, 9.17) is 5.73 Å².